The standard InChI is InChI=1S/C25H24BrNO6S/c1-5-32-18-12-15(11-17(26)22(18)31-4)13-19-21(28)20(25(30)33-6-2)24(34-19)27-23(29)16-9-7-14(3)8-10-16/h7-13,28H,5-6H2,1-4H3/b19-13-,27-24?. The van der Waals surface area contributed by atoms with Crippen LogP contribution in [0.5, 0.6) is 11.5 Å². The molecule has 1 N–H and O–H groups in total. The first-order chi connectivity index (χ1) is 16.3. The minimum Gasteiger partial charge on any atom is -0.506 e. The van der Waals surface area contributed by atoms with E-state index >= 15 is 0 Å². The number of hydrogen-bond acceptors (Lipinski definition) is 7. The van der Waals surface area contributed by atoms with Crippen molar-refractivity contribution in [2.75, 3.05) is 20.3 Å². The first kappa shape index (κ1) is 25.6. The van der Waals surface area contributed by atoms with Crippen LogP contribution in [-0.4, -0.2) is 42.4 Å². The maximum Gasteiger partial charge on any atom is 0.344 e. The number of thioether (sulfide) groups is 1. The fourth-order valence-electron chi connectivity index (χ4n) is 3.13. The summed E-state index contributed by atoms with van der Waals surface area (Å²) in [6.45, 7) is 5.99. The Labute approximate surface area is 210 Å². The quantitative estimate of drug-likeness (QED) is 0.435. The molecule has 0 radical (unpaired) electrons. The molecule has 0 bridgehead atoms. The minimum absolute atomic E-state index is 0.0744. The zero-order valence-electron chi connectivity index (χ0n) is 19.2. The molecular weight excluding hydrogens is 522 g/mol. The van der Waals surface area contributed by atoms with E-state index in [0.29, 0.717) is 38.6 Å². The molecule has 0 spiro atoms. The Kier molecular flexibility index (Phi) is 8.57. The van der Waals surface area contributed by atoms with Gasteiger partial charge in [0.05, 0.1) is 29.7 Å². The number of aryl methyl sites for hydroxylation is 1. The second kappa shape index (κ2) is 11.4. The highest BCUT2D eigenvalue weighted by atomic mass is 79.9. The molecule has 0 saturated carbocycles. The van der Waals surface area contributed by atoms with E-state index in [-0.39, 0.29) is 23.0 Å². The van der Waals surface area contributed by atoms with E-state index < -0.39 is 11.9 Å². The smallest absolute Gasteiger partial charge is 0.344 e. The van der Waals surface area contributed by atoms with E-state index in [0.717, 1.165) is 17.3 Å². The molecule has 7 nitrogen and oxygen atoms in total. The SMILES string of the molecule is CCOC(=O)C1=C(O)/C(=C/c2cc(Br)c(OC)c(OCC)c2)SC1=NC(=O)c1ccc(C)cc1. The topological polar surface area (TPSA) is 94.4 Å². The van der Waals surface area contributed by atoms with E-state index in [1.165, 1.54) is 0 Å². The van der Waals surface area contributed by atoms with Gasteiger partial charge in [-0.2, -0.15) is 0 Å². The molecule has 2 aromatic rings. The van der Waals surface area contributed by atoms with Gasteiger partial charge in [-0.25, -0.2) is 9.79 Å². The zero-order valence-corrected chi connectivity index (χ0v) is 21.6. The maximum atomic E-state index is 12.7. The summed E-state index contributed by atoms with van der Waals surface area (Å²) in [4.78, 5) is 29.8. The summed E-state index contributed by atoms with van der Waals surface area (Å²) in [5.41, 5.74) is 1.92. The molecule has 1 aliphatic rings. The van der Waals surface area contributed by atoms with Crippen LogP contribution in [0, 0.1) is 6.92 Å². The lowest BCUT2D eigenvalue weighted by atomic mass is 10.1. The van der Waals surface area contributed by atoms with Gasteiger partial charge in [0.1, 0.15) is 16.4 Å². The Balaban J connectivity index is 2.04. The number of amides is 1. The average Bonchev–Trinajstić information content (AvgIpc) is 3.09. The number of halogens is 1. The molecule has 0 aromatic heterocycles. The van der Waals surface area contributed by atoms with Gasteiger partial charge in [0.25, 0.3) is 5.91 Å². The molecule has 1 heterocycles. The van der Waals surface area contributed by atoms with E-state index in [2.05, 4.69) is 20.9 Å². The van der Waals surface area contributed by atoms with E-state index in [1.807, 2.05) is 13.8 Å². The summed E-state index contributed by atoms with van der Waals surface area (Å²) in [6.07, 6.45) is 1.67. The number of benzene rings is 2. The van der Waals surface area contributed by atoms with Gasteiger partial charge in [0, 0.05) is 5.56 Å². The maximum absolute atomic E-state index is 12.7. The first-order valence-corrected chi connectivity index (χ1v) is 12.1. The molecule has 34 heavy (non-hydrogen) atoms. The van der Waals surface area contributed by atoms with Crippen molar-refractivity contribution in [2.24, 2.45) is 4.99 Å². The number of aliphatic hydroxyl groups is 1. The third kappa shape index (κ3) is 5.71. The van der Waals surface area contributed by atoms with Crippen LogP contribution in [0.2, 0.25) is 0 Å². The number of aliphatic hydroxyl groups excluding tert-OH is 1. The lowest BCUT2D eigenvalue weighted by Gasteiger charge is -2.12. The number of esters is 1. The second-order valence-electron chi connectivity index (χ2n) is 7.11. The molecule has 1 aliphatic heterocycles. The van der Waals surface area contributed by atoms with E-state index in [4.69, 9.17) is 14.2 Å². The largest absolute Gasteiger partial charge is 0.506 e. The summed E-state index contributed by atoms with van der Waals surface area (Å²) in [7, 11) is 1.54. The van der Waals surface area contributed by atoms with Crippen molar-refractivity contribution in [1.82, 2.24) is 0 Å². The van der Waals surface area contributed by atoms with Crippen LogP contribution < -0.4 is 9.47 Å². The fourth-order valence-corrected chi connectivity index (χ4v) is 4.76. The molecule has 0 aliphatic carbocycles. The molecular formula is C25H24BrNO6S. The monoisotopic (exact) mass is 545 g/mol. The molecule has 2 aromatic carbocycles. The zero-order chi connectivity index (χ0) is 24.8. The van der Waals surface area contributed by atoms with Gasteiger partial charge < -0.3 is 19.3 Å². The summed E-state index contributed by atoms with van der Waals surface area (Å²) < 4.78 is 16.8. The Morgan fingerprint density at radius 1 is 1.15 bits per heavy atom. The van der Waals surface area contributed by atoms with Crippen molar-refractivity contribution >= 4 is 50.7 Å². The van der Waals surface area contributed by atoms with Crippen LogP contribution in [0.25, 0.3) is 6.08 Å². The van der Waals surface area contributed by atoms with Crippen molar-refractivity contribution < 1.29 is 28.9 Å². The van der Waals surface area contributed by atoms with Gasteiger partial charge in [-0.3, -0.25) is 4.79 Å². The Morgan fingerprint density at radius 2 is 1.85 bits per heavy atom. The third-order valence-electron chi connectivity index (χ3n) is 4.71. The van der Waals surface area contributed by atoms with Crippen LogP contribution in [0.4, 0.5) is 0 Å². The van der Waals surface area contributed by atoms with Gasteiger partial charge in [-0.15, -0.1) is 0 Å². The number of methoxy groups -OCH3 is 1. The van der Waals surface area contributed by atoms with Crippen LogP contribution in [-0.2, 0) is 9.53 Å². The van der Waals surface area contributed by atoms with E-state index in [1.54, 1.807) is 56.5 Å². The highest BCUT2D eigenvalue weighted by Gasteiger charge is 2.34. The fraction of sp³-hybridized carbons (Fsp3) is 0.240. The van der Waals surface area contributed by atoms with E-state index in [9.17, 15) is 14.7 Å². The van der Waals surface area contributed by atoms with Crippen LogP contribution in [0.1, 0.15) is 35.3 Å². The number of ether oxygens (including phenoxy) is 3. The van der Waals surface area contributed by atoms with Crippen molar-refractivity contribution in [1.29, 1.82) is 0 Å². The second-order valence-corrected chi connectivity index (χ2v) is 8.99. The highest BCUT2D eigenvalue weighted by molar-refractivity contribution is 9.10. The summed E-state index contributed by atoms with van der Waals surface area (Å²) >= 11 is 4.48. The minimum atomic E-state index is -0.753. The van der Waals surface area contributed by atoms with Crippen molar-refractivity contribution in [3.05, 3.63) is 73.8 Å². The van der Waals surface area contributed by atoms with Crippen molar-refractivity contribution in [2.45, 2.75) is 20.8 Å². The predicted octanol–water partition coefficient (Wildman–Crippen LogP) is 5.87. The molecule has 0 atom stereocenters. The highest BCUT2D eigenvalue weighted by Crippen LogP contribution is 2.42. The Bertz CT molecular complexity index is 1200. The molecule has 0 unspecified atom stereocenters. The van der Waals surface area contributed by atoms with Gasteiger partial charge in [0.15, 0.2) is 11.5 Å². The molecule has 0 fully saturated rings. The number of hydrogen-bond donors (Lipinski definition) is 1. The number of aliphatic imine (C=N–C) groups is 1. The molecule has 178 valence electrons. The summed E-state index contributed by atoms with van der Waals surface area (Å²) in [6, 6.07) is 10.5. The van der Waals surface area contributed by atoms with Crippen LogP contribution in [0.15, 0.2) is 62.1 Å². The van der Waals surface area contributed by atoms with Gasteiger partial charge in [-0.1, -0.05) is 29.5 Å². The Hall–Kier alpha value is -3.04. The van der Waals surface area contributed by atoms with Gasteiger partial charge in [-0.05, 0) is 72.6 Å². The number of rotatable bonds is 7. The van der Waals surface area contributed by atoms with Gasteiger partial charge in [0.2, 0.25) is 0 Å². The van der Waals surface area contributed by atoms with Crippen LogP contribution in [0.3, 0.4) is 0 Å². The molecule has 3 rings (SSSR count). The number of nitrogens with zero attached hydrogens (tertiary/aromatic N) is 1. The molecule has 1 amide bonds. The first-order valence-electron chi connectivity index (χ1n) is 10.5. The molecule has 0 saturated heterocycles. The number of carbonyl (C=O) groups excluding carboxylic acids is 2. The summed E-state index contributed by atoms with van der Waals surface area (Å²) in [5.74, 6) is -0.516. The Morgan fingerprint density at radius 3 is 2.47 bits per heavy atom. The average molecular weight is 546 g/mol. The predicted molar refractivity (Wildman–Crippen MR) is 137 cm³/mol. The molecule has 9 heteroatoms. The van der Waals surface area contributed by atoms with Crippen molar-refractivity contribution in [3.8, 4) is 11.5 Å². The lowest BCUT2D eigenvalue weighted by molar-refractivity contribution is -0.138. The van der Waals surface area contributed by atoms with Crippen LogP contribution >= 0.6 is 27.7 Å². The summed E-state index contributed by atoms with van der Waals surface area (Å²) in [5, 5.41) is 10.9. The third-order valence-corrected chi connectivity index (χ3v) is 6.31. The van der Waals surface area contributed by atoms with Gasteiger partial charge >= 0.3 is 5.97 Å². The number of carbonyl (C=O) groups is 2. The normalized spacial score (nSPS) is 15.7. The lowest BCUT2D eigenvalue weighted by Crippen LogP contribution is -2.14. The van der Waals surface area contributed by atoms with Crippen molar-refractivity contribution in [3.63, 3.8) is 0 Å².